The molecule has 1 aromatic rings. The molecular weight excluding hydrogens is 313 g/mol. The number of rotatable bonds is 3. The van der Waals surface area contributed by atoms with E-state index in [1.54, 1.807) is 6.07 Å². The Morgan fingerprint density at radius 3 is 2.89 bits per heavy atom. The number of hydrogen-bond acceptors (Lipinski definition) is 2. The third kappa shape index (κ3) is 2.61. The SMILES string of the molecule is CCCNC1c2c(F)ccc(Br)c2CSC1(C)C. The lowest BCUT2D eigenvalue weighted by atomic mass is 9.90. The lowest BCUT2D eigenvalue weighted by molar-refractivity contribution is 0.420. The van der Waals surface area contributed by atoms with Crippen molar-refractivity contribution in [3.63, 3.8) is 0 Å². The van der Waals surface area contributed by atoms with Gasteiger partial charge in [-0.25, -0.2) is 4.39 Å². The molecule has 0 spiro atoms. The number of thioether (sulfide) groups is 1. The van der Waals surface area contributed by atoms with Crippen LogP contribution >= 0.6 is 27.7 Å². The topological polar surface area (TPSA) is 12.0 Å². The number of fused-ring (bicyclic) bond motifs is 1. The van der Waals surface area contributed by atoms with E-state index in [1.807, 2.05) is 17.8 Å². The highest BCUT2D eigenvalue weighted by Gasteiger charge is 2.38. The molecule has 18 heavy (non-hydrogen) atoms. The quantitative estimate of drug-likeness (QED) is 0.864. The molecule has 0 aliphatic carbocycles. The minimum atomic E-state index is -0.0878. The summed E-state index contributed by atoms with van der Waals surface area (Å²) in [7, 11) is 0. The molecule has 1 aromatic carbocycles. The molecule has 1 nitrogen and oxygen atoms in total. The molecule has 0 fully saturated rings. The summed E-state index contributed by atoms with van der Waals surface area (Å²) in [4.78, 5) is 0. The van der Waals surface area contributed by atoms with Gasteiger partial charge in [0.1, 0.15) is 5.82 Å². The van der Waals surface area contributed by atoms with Crippen LogP contribution in [0.15, 0.2) is 16.6 Å². The Bertz CT molecular complexity index is 448. The van der Waals surface area contributed by atoms with Gasteiger partial charge in [0.25, 0.3) is 0 Å². The molecule has 1 aliphatic rings. The zero-order chi connectivity index (χ0) is 13.3. The highest BCUT2D eigenvalue weighted by Crippen LogP contribution is 2.48. The standard InChI is InChI=1S/C14H19BrFNS/c1-4-7-17-13-12-9(8-18-14(13,2)3)10(15)5-6-11(12)16/h5-6,13,17H,4,7-8H2,1-3H3. The summed E-state index contributed by atoms with van der Waals surface area (Å²) in [6.45, 7) is 7.43. The van der Waals surface area contributed by atoms with Gasteiger partial charge in [-0.1, -0.05) is 22.9 Å². The van der Waals surface area contributed by atoms with Crippen molar-refractivity contribution in [2.45, 2.75) is 43.7 Å². The summed E-state index contributed by atoms with van der Waals surface area (Å²) in [5, 5.41) is 3.50. The van der Waals surface area contributed by atoms with E-state index < -0.39 is 0 Å². The van der Waals surface area contributed by atoms with E-state index in [4.69, 9.17) is 0 Å². The molecule has 0 saturated carbocycles. The molecule has 1 aliphatic heterocycles. The molecule has 0 radical (unpaired) electrons. The van der Waals surface area contributed by atoms with Crippen LogP contribution in [0.4, 0.5) is 4.39 Å². The van der Waals surface area contributed by atoms with Crippen LogP contribution in [0.5, 0.6) is 0 Å². The molecule has 0 saturated heterocycles. The van der Waals surface area contributed by atoms with Gasteiger partial charge in [-0.15, -0.1) is 11.8 Å². The van der Waals surface area contributed by atoms with Gasteiger partial charge in [0, 0.05) is 26.6 Å². The summed E-state index contributed by atoms with van der Waals surface area (Å²) >= 11 is 5.43. The Kier molecular flexibility index (Phi) is 4.40. The fourth-order valence-corrected chi connectivity index (χ4v) is 4.26. The van der Waals surface area contributed by atoms with Crippen molar-refractivity contribution in [1.82, 2.24) is 5.32 Å². The summed E-state index contributed by atoms with van der Waals surface area (Å²) < 4.78 is 15.2. The van der Waals surface area contributed by atoms with E-state index in [0.29, 0.717) is 0 Å². The third-order valence-corrected chi connectivity index (χ3v) is 5.57. The highest BCUT2D eigenvalue weighted by molar-refractivity contribution is 9.10. The van der Waals surface area contributed by atoms with E-state index in [2.05, 4.69) is 42.0 Å². The minimum Gasteiger partial charge on any atom is -0.309 e. The Morgan fingerprint density at radius 1 is 1.50 bits per heavy atom. The first kappa shape index (κ1) is 14.4. The fourth-order valence-electron chi connectivity index (χ4n) is 2.39. The molecular formula is C14H19BrFNS. The molecule has 4 heteroatoms. The fraction of sp³-hybridized carbons (Fsp3) is 0.571. The normalized spacial score (nSPS) is 21.7. The van der Waals surface area contributed by atoms with Gasteiger partial charge in [0.15, 0.2) is 0 Å². The first-order chi connectivity index (χ1) is 8.47. The van der Waals surface area contributed by atoms with Crippen LogP contribution in [0.25, 0.3) is 0 Å². The van der Waals surface area contributed by atoms with Crippen molar-refractivity contribution in [2.24, 2.45) is 0 Å². The van der Waals surface area contributed by atoms with Gasteiger partial charge in [0.05, 0.1) is 0 Å². The Morgan fingerprint density at radius 2 is 2.22 bits per heavy atom. The van der Waals surface area contributed by atoms with Crippen LogP contribution in [-0.4, -0.2) is 11.3 Å². The molecule has 1 unspecified atom stereocenters. The van der Waals surface area contributed by atoms with Gasteiger partial charge in [-0.05, 0) is 44.5 Å². The average Bonchev–Trinajstić information content (AvgIpc) is 2.32. The van der Waals surface area contributed by atoms with Crippen LogP contribution in [0.1, 0.15) is 44.4 Å². The summed E-state index contributed by atoms with van der Waals surface area (Å²) in [6, 6.07) is 3.45. The monoisotopic (exact) mass is 331 g/mol. The van der Waals surface area contributed by atoms with E-state index in [9.17, 15) is 4.39 Å². The molecule has 100 valence electrons. The molecule has 0 bridgehead atoms. The van der Waals surface area contributed by atoms with Crippen molar-refractivity contribution in [1.29, 1.82) is 0 Å². The minimum absolute atomic E-state index is 0.0177. The second-order valence-electron chi connectivity index (χ2n) is 5.20. The van der Waals surface area contributed by atoms with Crippen LogP contribution < -0.4 is 5.32 Å². The molecule has 1 atom stereocenters. The molecule has 0 amide bonds. The van der Waals surface area contributed by atoms with Gasteiger partial charge < -0.3 is 5.32 Å². The lowest BCUT2D eigenvalue weighted by Gasteiger charge is -2.40. The highest BCUT2D eigenvalue weighted by atomic mass is 79.9. The summed E-state index contributed by atoms with van der Waals surface area (Å²) in [5.74, 6) is 0.778. The second kappa shape index (κ2) is 5.51. The van der Waals surface area contributed by atoms with Crippen molar-refractivity contribution in [3.8, 4) is 0 Å². The van der Waals surface area contributed by atoms with Gasteiger partial charge in [-0.2, -0.15) is 0 Å². The first-order valence-electron chi connectivity index (χ1n) is 6.31. The van der Waals surface area contributed by atoms with Crippen molar-refractivity contribution < 1.29 is 4.39 Å². The number of hydrogen-bond donors (Lipinski definition) is 1. The number of benzene rings is 1. The maximum Gasteiger partial charge on any atom is 0.128 e. The maximum atomic E-state index is 14.2. The van der Waals surface area contributed by atoms with Gasteiger partial charge >= 0.3 is 0 Å². The average molecular weight is 332 g/mol. The van der Waals surface area contributed by atoms with Crippen LogP contribution in [0.2, 0.25) is 0 Å². The number of nitrogens with one attached hydrogen (secondary N) is 1. The number of halogens is 2. The molecule has 1 N–H and O–H groups in total. The Balaban J connectivity index is 2.47. The summed E-state index contributed by atoms with van der Waals surface area (Å²) in [5.41, 5.74) is 1.95. The Hall–Kier alpha value is -0.0600. The van der Waals surface area contributed by atoms with Crippen LogP contribution in [-0.2, 0) is 5.75 Å². The van der Waals surface area contributed by atoms with Gasteiger partial charge in [-0.3, -0.25) is 0 Å². The first-order valence-corrected chi connectivity index (χ1v) is 8.09. The van der Waals surface area contributed by atoms with Crippen LogP contribution in [0, 0.1) is 5.82 Å². The second-order valence-corrected chi connectivity index (χ2v) is 7.68. The zero-order valence-corrected chi connectivity index (χ0v) is 13.4. The van der Waals surface area contributed by atoms with Gasteiger partial charge in [0.2, 0.25) is 0 Å². The van der Waals surface area contributed by atoms with Crippen molar-refractivity contribution in [2.75, 3.05) is 6.54 Å². The van der Waals surface area contributed by atoms with E-state index in [0.717, 1.165) is 34.3 Å². The maximum absolute atomic E-state index is 14.2. The predicted molar refractivity (Wildman–Crippen MR) is 80.5 cm³/mol. The molecule has 1 heterocycles. The zero-order valence-electron chi connectivity index (χ0n) is 11.0. The molecule has 2 rings (SSSR count). The van der Waals surface area contributed by atoms with Crippen molar-refractivity contribution in [3.05, 3.63) is 33.5 Å². The largest absolute Gasteiger partial charge is 0.309 e. The van der Waals surface area contributed by atoms with E-state index in [-0.39, 0.29) is 16.6 Å². The van der Waals surface area contributed by atoms with E-state index in [1.165, 1.54) is 0 Å². The molecule has 0 aromatic heterocycles. The Labute approximate surface area is 121 Å². The third-order valence-electron chi connectivity index (χ3n) is 3.42. The smallest absolute Gasteiger partial charge is 0.128 e. The van der Waals surface area contributed by atoms with Crippen molar-refractivity contribution >= 4 is 27.7 Å². The van der Waals surface area contributed by atoms with Crippen LogP contribution in [0.3, 0.4) is 0 Å². The predicted octanol–water partition coefficient (Wildman–Crippen LogP) is 4.65. The summed E-state index contributed by atoms with van der Waals surface area (Å²) in [6.07, 6.45) is 1.06. The van der Waals surface area contributed by atoms with E-state index >= 15 is 0 Å². The lowest BCUT2D eigenvalue weighted by Crippen LogP contribution is -2.41.